The average molecular weight is 389 g/mol. The summed E-state index contributed by atoms with van der Waals surface area (Å²) in [5.74, 6) is 0.0689. The Morgan fingerprint density at radius 2 is 1.89 bits per heavy atom. The number of fused-ring (bicyclic) bond motifs is 2. The summed E-state index contributed by atoms with van der Waals surface area (Å²) in [5.41, 5.74) is 1.95. The largest absolute Gasteiger partial charge is 0.321 e. The van der Waals surface area contributed by atoms with Crippen LogP contribution in [0.2, 0.25) is 0 Å². The number of anilines is 1. The Kier molecular flexibility index (Phi) is 4.55. The SMILES string of the molecule is O=C(C[NH+]1CCC[C@@H]1c1nc2ccccc2s1)Nc1cccc2ccccc12. The van der Waals surface area contributed by atoms with Crippen molar-refractivity contribution in [3.8, 4) is 0 Å². The van der Waals surface area contributed by atoms with Crippen LogP contribution >= 0.6 is 11.3 Å². The summed E-state index contributed by atoms with van der Waals surface area (Å²) < 4.78 is 1.23. The van der Waals surface area contributed by atoms with Gasteiger partial charge in [-0.1, -0.05) is 48.5 Å². The third-order valence-electron chi connectivity index (χ3n) is 5.54. The molecule has 2 atom stereocenters. The van der Waals surface area contributed by atoms with Crippen molar-refractivity contribution in [3.63, 3.8) is 0 Å². The fourth-order valence-corrected chi connectivity index (χ4v) is 5.36. The van der Waals surface area contributed by atoms with Crippen molar-refractivity contribution in [1.82, 2.24) is 4.98 Å². The zero-order chi connectivity index (χ0) is 18.9. The van der Waals surface area contributed by atoms with Crippen molar-refractivity contribution in [2.24, 2.45) is 0 Å². The molecular formula is C23H22N3OS+. The highest BCUT2D eigenvalue weighted by atomic mass is 32.1. The molecule has 2 heterocycles. The number of hydrogen-bond acceptors (Lipinski definition) is 3. The van der Waals surface area contributed by atoms with Gasteiger partial charge in [0.15, 0.2) is 11.6 Å². The highest BCUT2D eigenvalue weighted by molar-refractivity contribution is 7.18. The number of nitrogens with zero attached hydrogens (tertiary/aromatic N) is 1. The maximum atomic E-state index is 12.8. The molecule has 1 aliphatic rings. The van der Waals surface area contributed by atoms with Crippen LogP contribution in [0.5, 0.6) is 0 Å². The molecule has 3 aromatic carbocycles. The van der Waals surface area contributed by atoms with Gasteiger partial charge in [-0.05, 0) is 23.6 Å². The normalized spacial score (nSPS) is 19.3. The van der Waals surface area contributed by atoms with Gasteiger partial charge >= 0.3 is 0 Å². The molecule has 140 valence electrons. The van der Waals surface area contributed by atoms with E-state index < -0.39 is 0 Å². The lowest BCUT2D eigenvalue weighted by atomic mass is 10.1. The number of carbonyl (C=O) groups is 1. The summed E-state index contributed by atoms with van der Waals surface area (Å²) in [6.45, 7) is 1.49. The van der Waals surface area contributed by atoms with E-state index >= 15 is 0 Å². The average Bonchev–Trinajstić information content (AvgIpc) is 3.34. The number of nitrogens with one attached hydrogen (secondary N) is 2. The monoisotopic (exact) mass is 388 g/mol. The molecule has 28 heavy (non-hydrogen) atoms. The van der Waals surface area contributed by atoms with E-state index in [1.54, 1.807) is 11.3 Å². The Balaban J connectivity index is 1.34. The minimum atomic E-state index is 0.0689. The van der Waals surface area contributed by atoms with Crippen LogP contribution in [0.15, 0.2) is 66.7 Å². The lowest BCUT2D eigenvalue weighted by Crippen LogP contribution is -3.11. The van der Waals surface area contributed by atoms with E-state index in [2.05, 4.69) is 41.7 Å². The van der Waals surface area contributed by atoms with Crippen molar-refractivity contribution in [1.29, 1.82) is 0 Å². The van der Waals surface area contributed by atoms with Gasteiger partial charge in [0.05, 0.1) is 16.8 Å². The summed E-state index contributed by atoms with van der Waals surface area (Å²) in [4.78, 5) is 19.0. The highest BCUT2D eigenvalue weighted by Gasteiger charge is 2.34. The Hall–Kier alpha value is -2.76. The van der Waals surface area contributed by atoms with Gasteiger partial charge in [0, 0.05) is 23.9 Å². The van der Waals surface area contributed by atoms with E-state index in [1.165, 1.54) is 9.60 Å². The Bertz CT molecular complexity index is 1110. The summed E-state index contributed by atoms with van der Waals surface area (Å²) in [7, 11) is 0. The lowest BCUT2D eigenvalue weighted by molar-refractivity contribution is -0.910. The summed E-state index contributed by atoms with van der Waals surface area (Å²) >= 11 is 1.77. The maximum absolute atomic E-state index is 12.8. The second kappa shape index (κ2) is 7.34. The van der Waals surface area contributed by atoms with Crippen LogP contribution in [0.25, 0.3) is 21.0 Å². The molecule has 1 aromatic heterocycles. The fourth-order valence-electron chi connectivity index (χ4n) is 4.20. The van der Waals surface area contributed by atoms with Gasteiger partial charge in [-0.15, -0.1) is 11.3 Å². The van der Waals surface area contributed by atoms with Crippen molar-refractivity contribution < 1.29 is 9.69 Å². The molecule has 5 heteroatoms. The van der Waals surface area contributed by atoms with Crippen molar-refractivity contribution >= 4 is 43.9 Å². The van der Waals surface area contributed by atoms with Gasteiger partial charge in [-0.25, -0.2) is 4.98 Å². The van der Waals surface area contributed by atoms with Crippen LogP contribution in [-0.4, -0.2) is 24.0 Å². The Morgan fingerprint density at radius 3 is 2.82 bits per heavy atom. The van der Waals surface area contributed by atoms with E-state index in [9.17, 15) is 4.79 Å². The highest BCUT2D eigenvalue weighted by Crippen LogP contribution is 2.28. The molecule has 0 saturated carbocycles. The standard InChI is InChI=1S/C23H21N3OS/c27-22(24-18-11-5-8-16-7-1-2-9-17(16)18)15-26-14-6-12-20(26)23-25-19-10-3-4-13-21(19)28-23/h1-5,7-11,13,20H,6,12,14-15H2,(H,24,27)/p+1/t20-/m1/s1. The number of carbonyl (C=O) groups excluding carboxylic acids is 1. The predicted molar refractivity (Wildman–Crippen MR) is 115 cm³/mol. The van der Waals surface area contributed by atoms with Crippen LogP contribution in [0.3, 0.4) is 0 Å². The second-order valence-electron chi connectivity index (χ2n) is 7.37. The van der Waals surface area contributed by atoms with Crippen LogP contribution in [0.4, 0.5) is 5.69 Å². The zero-order valence-electron chi connectivity index (χ0n) is 15.5. The van der Waals surface area contributed by atoms with Crippen LogP contribution in [0.1, 0.15) is 23.9 Å². The first-order valence-electron chi connectivity index (χ1n) is 9.75. The molecule has 1 saturated heterocycles. The molecule has 1 aliphatic heterocycles. The zero-order valence-corrected chi connectivity index (χ0v) is 16.3. The van der Waals surface area contributed by atoms with Crippen molar-refractivity contribution in [2.75, 3.05) is 18.4 Å². The number of likely N-dealkylation sites (tertiary alicyclic amines) is 1. The first-order chi connectivity index (χ1) is 13.8. The van der Waals surface area contributed by atoms with E-state index in [0.717, 1.165) is 46.4 Å². The number of quaternary nitrogens is 1. The van der Waals surface area contributed by atoms with E-state index in [1.807, 2.05) is 30.3 Å². The summed E-state index contributed by atoms with van der Waals surface area (Å²) in [6.07, 6.45) is 2.23. The van der Waals surface area contributed by atoms with Gasteiger partial charge in [0.2, 0.25) is 0 Å². The molecule has 0 radical (unpaired) electrons. The summed E-state index contributed by atoms with van der Waals surface area (Å²) in [5, 5.41) is 6.51. The third kappa shape index (κ3) is 3.28. The fraction of sp³-hybridized carbons (Fsp3) is 0.217. The first-order valence-corrected chi connectivity index (χ1v) is 10.6. The minimum absolute atomic E-state index is 0.0689. The quantitative estimate of drug-likeness (QED) is 0.558. The molecular weight excluding hydrogens is 366 g/mol. The van der Waals surface area contributed by atoms with E-state index in [0.29, 0.717) is 12.6 Å². The van der Waals surface area contributed by atoms with Crippen LogP contribution in [0, 0.1) is 0 Å². The van der Waals surface area contributed by atoms with E-state index in [-0.39, 0.29) is 5.91 Å². The third-order valence-corrected chi connectivity index (χ3v) is 6.69. The number of rotatable bonds is 4. The molecule has 1 amide bonds. The lowest BCUT2D eigenvalue weighted by Gasteiger charge is -2.19. The molecule has 0 spiro atoms. The smallest absolute Gasteiger partial charge is 0.279 e. The minimum Gasteiger partial charge on any atom is -0.321 e. The molecule has 1 fully saturated rings. The molecule has 5 rings (SSSR count). The molecule has 0 aliphatic carbocycles. The van der Waals surface area contributed by atoms with Crippen molar-refractivity contribution in [3.05, 3.63) is 71.7 Å². The van der Waals surface area contributed by atoms with Gasteiger partial charge in [-0.3, -0.25) is 4.79 Å². The molecule has 4 aromatic rings. The topological polar surface area (TPSA) is 46.4 Å². The number of benzene rings is 3. The van der Waals surface area contributed by atoms with Crippen LogP contribution in [-0.2, 0) is 4.79 Å². The van der Waals surface area contributed by atoms with Gasteiger partial charge in [-0.2, -0.15) is 0 Å². The number of aromatic nitrogens is 1. The number of amides is 1. The molecule has 4 nitrogen and oxygen atoms in total. The van der Waals surface area contributed by atoms with E-state index in [4.69, 9.17) is 4.98 Å². The van der Waals surface area contributed by atoms with Crippen molar-refractivity contribution in [2.45, 2.75) is 18.9 Å². The molecule has 0 bridgehead atoms. The first kappa shape index (κ1) is 17.3. The number of thiazole rings is 1. The second-order valence-corrected chi connectivity index (χ2v) is 8.44. The van der Waals surface area contributed by atoms with Crippen LogP contribution < -0.4 is 10.2 Å². The predicted octanol–water partition coefficient (Wildman–Crippen LogP) is 3.81. The van der Waals surface area contributed by atoms with Gasteiger partial charge in [0.1, 0.15) is 6.04 Å². The Morgan fingerprint density at radius 1 is 1.07 bits per heavy atom. The molecule has 1 unspecified atom stereocenters. The van der Waals surface area contributed by atoms with Gasteiger partial charge in [0.25, 0.3) is 5.91 Å². The Labute approximate surface area is 167 Å². The molecule has 2 N–H and O–H groups in total. The number of hydrogen-bond donors (Lipinski definition) is 2. The maximum Gasteiger partial charge on any atom is 0.279 e. The summed E-state index contributed by atoms with van der Waals surface area (Å²) in [6, 6.07) is 22.8. The number of para-hydroxylation sites is 1. The van der Waals surface area contributed by atoms with Gasteiger partial charge < -0.3 is 10.2 Å².